The summed E-state index contributed by atoms with van der Waals surface area (Å²) >= 11 is 4.57. The van der Waals surface area contributed by atoms with Crippen LogP contribution in [-0.4, -0.2) is 10.4 Å². The first-order valence-corrected chi connectivity index (χ1v) is 4.94. The van der Waals surface area contributed by atoms with Crippen LogP contribution < -0.4 is 5.32 Å². The molecule has 0 unspecified atom stereocenters. The largest absolute Gasteiger partial charge is 0.343 e. The van der Waals surface area contributed by atoms with Crippen molar-refractivity contribution in [3.63, 3.8) is 0 Å². The number of hydrogen-bond acceptors (Lipinski definition) is 3. The van der Waals surface area contributed by atoms with Crippen molar-refractivity contribution in [2.45, 2.75) is 0 Å². The lowest BCUT2D eigenvalue weighted by Crippen LogP contribution is -1.96. The van der Waals surface area contributed by atoms with Gasteiger partial charge in [0.15, 0.2) is 0 Å². The third-order valence-electron chi connectivity index (χ3n) is 2.27. The molecule has 0 bridgehead atoms. The topological polar surface area (TPSA) is 55.2 Å². The molecule has 0 aliphatic heterocycles. The molecule has 0 aliphatic carbocycles. The van der Waals surface area contributed by atoms with Gasteiger partial charge < -0.3 is 5.32 Å². The molecule has 16 heavy (non-hydrogen) atoms. The Bertz CT molecular complexity index is 564. The van der Waals surface area contributed by atoms with Crippen molar-refractivity contribution in [2.75, 3.05) is 5.32 Å². The molecule has 0 aromatic heterocycles. The fourth-order valence-corrected chi connectivity index (χ4v) is 1.74. The standard InChI is InChI=1S/C11H7N2O2S/c14-13(15)10-6-2-4-8-3-1-5-9(11(8)10)12-7-16/h1-6H,(H,12,16). The summed E-state index contributed by atoms with van der Waals surface area (Å²) in [7, 11) is 0. The third kappa shape index (κ3) is 1.72. The van der Waals surface area contributed by atoms with Crippen LogP contribution in [0.2, 0.25) is 0 Å². The maximum Gasteiger partial charge on any atom is 0.279 e. The van der Waals surface area contributed by atoms with E-state index in [1.165, 1.54) is 6.07 Å². The number of thiocarbonyl (C=S) groups is 1. The number of nitrogens with one attached hydrogen (secondary N) is 1. The number of nitro benzene ring substituents is 1. The van der Waals surface area contributed by atoms with E-state index in [4.69, 9.17) is 0 Å². The summed E-state index contributed by atoms with van der Waals surface area (Å²) in [5, 5.41) is 15.0. The molecule has 1 N–H and O–H groups in total. The highest BCUT2D eigenvalue weighted by Gasteiger charge is 2.13. The minimum absolute atomic E-state index is 0.0610. The Labute approximate surface area is 97.0 Å². The fourth-order valence-electron chi connectivity index (χ4n) is 1.63. The van der Waals surface area contributed by atoms with Gasteiger partial charge in [0, 0.05) is 6.07 Å². The Balaban J connectivity index is 2.81. The molecule has 1 radical (unpaired) electrons. The van der Waals surface area contributed by atoms with Gasteiger partial charge in [-0.3, -0.25) is 10.1 Å². The fraction of sp³-hybridized carbons (Fsp3) is 0. The smallest absolute Gasteiger partial charge is 0.279 e. The predicted octanol–water partition coefficient (Wildman–Crippen LogP) is 2.99. The SMILES string of the molecule is O=[N+]([O-])c1cccc2cccc(N[C]=S)c12. The molecule has 2 aromatic rings. The molecule has 2 aromatic carbocycles. The first-order chi connectivity index (χ1) is 7.74. The lowest BCUT2D eigenvalue weighted by molar-refractivity contribution is -0.383. The van der Waals surface area contributed by atoms with Gasteiger partial charge in [-0.05, 0) is 11.5 Å². The van der Waals surface area contributed by atoms with Crippen LogP contribution in [0.25, 0.3) is 10.8 Å². The van der Waals surface area contributed by atoms with Crippen LogP contribution >= 0.6 is 12.2 Å². The van der Waals surface area contributed by atoms with Crippen molar-refractivity contribution >= 4 is 39.9 Å². The normalized spacial score (nSPS) is 10.0. The van der Waals surface area contributed by atoms with Gasteiger partial charge >= 0.3 is 0 Å². The summed E-state index contributed by atoms with van der Waals surface area (Å²) < 4.78 is 0. The molecule has 0 fully saturated rings. The Morgan fingerprint density at radius 2 is 1.94 bits per heavy atom. The van der Waals surface area contributed by atoms with Crippen molar-refractivity contribution in [1.82, 2.24) is 0 Å². The van der Waals surface area contributed by atoms with Crippen LogP contribution in [-0.2, 0) is 0 Å². The van der Waals surface area contributed by atoms with E-state index in [1.807, 2.05) is 12.1 Å². The second kappa shape index (κ2) is 4.24. The lowest BCUT2D eigenvalue weighted by Gasteiger charge is -2.05. The Morgan fingerprint density at radius 3 is 2.56 bits per heavy atom. The summed E-state index contributed by atoms with van der Waals surface area (Å²) in [5.41, 5.74) is 3.01. The zero-order valence-electron chi connectivity index (χ0n) is 8.14. The number of anilines is 1. The van der Waals surface area contributed by atoms with Crippen molar-refractivity contribution < 1.29 is 4.92 Å². The summed E-state index contributed by atoms with van der Waals surface area (Å²) in [6, 6.07) is 10.3. The van der Waals surface area contributed by atoms with Gasteiger partial charge in [0.2, 0.25) is 0 Å². The highest BCUT2D eigenvalue weighted by molar-refractivity contribution is 7.79. The first kappa shape index (κ1) is 10.5. The molecule has 0 amide bonds. The molecule has 0 aliphatic rings. The molecule has 0 heterocycles. The number of nitrogens with zero attached hydrogens (tertiary/aromatic N) is 1. The second-order valence-corrected chi connectivity index (χ2v) is 3.37. The summed E-state index contributed by atoms with van der Waals surface area (Å²) in [6.07, 6.45) is 0. The van der Waals surface area contributed by atoms with Crippen LogP contribution in [0.15, 0.2) is 36.4 Å². The average molecular weight is 231 g/mol. The Kier molecular flexibility index (Phi) is 2.78. The maximum atomic E-state index is 10.9. The molecule has 0 saturated carbocycles. The van der Waals surface area contributed by atoms with E-state index in [9.17, 15) is 10.1 Å². The van der Waals surface area contributed by atoms with Gasteiger partial charge in [0.1, 0.15) is 5.49 Å². The number of nitro groups is 1. The van der Waals surface area contributed by atoms with Gasteiger partial charge in [0.05, 0.1) is 16.0 Å². The zero-order chi connectivity index (χ0) is 11.5. The van der Waals surface area contributed by atoms with Crippen molar-refractivity contribution in [1.29, 1.82) is 0 Å². The molecular weight excluding hydrogens is 224 g/mol. The second-order valence-electron chi connectivity index (χ2n) is 3.16. The van der Waals surface area contributed by atoms with Gasteiger partial charge in [-0.25, -0.2) is 0 Å². The van der Waals surface area contributed by atoms with E-state index < -0.39 is 4.92 Å². The van der Waals surface area contributed by atoms with Gasteiger partial charge in [-0.1, -0.05) is 36.5 Å². The van der Waals surface area contributed by atoms with Crippen LogP contribution in [0.5, 0.6) is 0 Å². The van der Waals surface area contributed by atoms with Crippen molar-refractivity contribution in [2.24, 2.45) is 0 Å². The summed E-state index contributed by atoms with van der Waals surface area (Å²) in [6.45, 7) is 0. The van der Waals surface area contributed by atoms with Crippen LogP contribution in [0.3, 0.4) is 0 Å². The van der Waals surface area contributed by atoms with E-state index in [2.05, 4.69) is 23.0 Å². The Morgan fingerprint density at radius 1 is 1.25 bits per heavy atom. The molecule has 79 valence electrons. The quantitative estimate of drug-likeness (QED) is 0.382. The molecule has 0 saturated heterocycles. The number of hydrogen-bond donors (Lipinski definition) is 1. The molecule has 5 heteroatoms. The first-order valence-electron chi connectivity index (χ1n) is 4.53. The van der Waals surface area contributed by atoms with E-state index in [-0.39, 0.29) is 5.69 Å². The van der Waals surface area contributed by atoms with E-state index >= 15 is 0 Å². The van der Waals surface area contributed by atoms with Crippen molar-refractivity contribution in [3.8, 4) is 0 Å². The number of rotatable bonds is 3. The summed E-state index contributed by atoms with van der Waals surface area (Å²) in [5.74, 6) is 0. The molecule has 0 atom stereocenters. The molecule has 2 rings (SSSR count). The summed E-state index contributed by atoms with van der Waals surface area (Å²) in [4.78, 5) is 10.5. The number of benzene rings is 2. The minimum atomic E-state index is -0.406. The van der Waals surface area contributed by atoms with E-state index in [0.717, 1.165) is 5.39 Å². The van der Waals surface area contributed by atoms with Gasteiger partial charge in [0.25, 0.3) is 5.69 Å². The zero-order valence-corrected chi connectivity index (χ0v) is 8.95. The molecule has 0 spiro atoms. The average Bonchev–Trinajstić information content (AvgIpc) is 2.29. The molecular formula is C11H7N2O2S. The van der Waals surface area contributed by atoms with Crippen LogP contribution in [0.4, 0.5) is 11.4 Å². The van der Waals surface area contributed by atoms with E-state index in [0.29, 0.717) is 11.1 Å². The van der Waals surface area contributed by atoms with Crippen LogP contribution in [0.1, 0.15) is 0 Å². The van der Waals surface area contributed by atoms with Crippen LogP contribution in [0, 0.1) is 10.1 Å². The van der Waals surface area contributed by atoms with Gasteiger partial charge in [-0.2, -0.15) is 0 Å². The third-order valence-corrected chi connectivity index (χ3v) is 2.37. The monoisotopic (exact) mass is 231 g/mol. The maximum absolute atomic E-state index is 10.9. The number of non-ortho nitro benzene ring substituents is 1. The number of fused-ring (bicyclic) bond motifs is 1. The lowest BCUT2D eigenvalue weighted by atomic mass is 10.1. The van der Waals surface area contributed by atoms with E-state index in [1.54, 1.807) is 18.2 Å². The Hall–Kier alpha value is -2.01. The minimum Gasteiger partial charge on any atom is -0.343 e. The van der Waals surface area contributed by atoms with Gasteiger partial charge in [-0.15, -0.1) is 0 Å². The molecule has 4 nitrogen and oxygen atoms in total. The highest BCUT2D eigenvalue weighted by Crippen LogP contribution is 2.31. The predicted molar refractivity (Wildman–Crippen MR) is 66.8 cm³/mol. The highest BCUT2D eigenvalue weighted by atomic mass is 32.1. The van der Waals surface area contributed by atoms with Crippen molar-refractivity contribution in [3.05, 3.63) is 46.5 Å².